The predicted molar refractivity (Wildman–Crippen MR) is 116 cm³/mol. The number of aliphatic carboxylic acids is 1. The van der Waals surface area contributed by atoms with E-state index < -0.39 is 12.0 Å². The van der Waals surface area contributed by atoms with Gasteiger partial charge in [0.15, 0.2) is 0 Å². The van der Waals surface area contributed by atoms with Gasteiger partial charge in [-0.05, 0) is 62.1 Å². The minimum Gasteiger partial charge on any atom is -0.544 e. The van der Waals surface area contributed by atoms with E-state index in [-0.39, 0.29) is 12.3 Å². The molecule has 1 aliphatic rings. The number of quaternary nitrogens is 1. The van der Waals surface area contributed by atoms with Crippen LogP contribution in [0.1, 0.15) is 38.5 Å². The van der Waals surface area contributed by atoms with Crippen molar-refractivity contribution in [2.75, 3.05) is 17.2 Å². The van der Waals surface area contributed by atoms with E-state index in [0.717, 1.165) is 30.6 Å². The molecule has 4 N–H and O–H groups in total. The molecule has 6 heteroatoms. The number of rotatable bonds is 10. The largest absolute Gasteiger partial charge is 0.544 e. The number of carboxylic acids is 1. The van der Waals surface area contributed by atoms with Gasteiger partial charge in [0, 0.05) is 23.5 Å². The Morgan fingerprint density at radius 1 is 0.967 bits per heavy atom. The fraction of sp³-hybridized carbons (Fsp3) is 0.333. The second kappa shape index (κ2) is 11.2. The molecule has 30 heavy (non-hydrogen) atoms. The van der Waals surface area contributed by atoms with Crippen LogP contribution in [0.15, 0.2) is 66.2 Å². The van der Waals surface area contributed by atoms with E-state index in [4.69, 9.17) is 0 Å². The van der Waals surface area contributed by atoms with Gasteiger partial charge in [0.25, 0.3) is 0 Å². The van der Waals surface area contributed by atoms with E-state index in [2.05, 4.69) is 16.7 Å². The standard InChI is InChI=1S/C24H29N3O3/c28-23(17-22(24(29)30)25-16-15-18-7-3-1-4-8-18)27-21-13-11-20(12-14-21)26-19-9-5-2-6-10-19/h2,5-7,9-14,22,25-26H,1,3-4,8,15-17H2,(H,27,28)(H,29,30)/t22-/m0/s1. The Labute approximate surface area is 177 Å². The van der Waals surface area contributed by atoms with Gasteiger partial charge >= 0.3 is 0 Å². The Morgan fingerprint density at radius 2 is 1.67 bits per heavy atom. The second-order valence-corrected chi connectivity index (χ2v) is 7.63. The lowest BCUT2D eigenvalue weighted by Gasteiger charge is -2.18. The fourth-order valence-electron chi connectivity index (χ4n) is 3.60. The first kappa shape index (κ1) is 21.6. The zero-order chi connectivity index (χ0) is 21.2. The zero-order valence-electron chi connectivity index (χ0n) is 17.1. The number of anilines is 3. The average molecular weight is 408 g/mol. The van der Waals surface area contributed by atoms with Crippen molar-refractivity contribution in [2.24, 2.45) is 0 Å². The van der Waals surface area contributed by atoms with Crippen LogP contribution in [0.5, 0.6) is 0 Å². The summed E-state index contributed by atoms with van der Waals surface area (Å²) in [5.41, 5.74) is 3.90. The number of para-hydroxylation sites is 1. The van der Waals surface area contributed by atoms with Crippen molar-refractivity contribution in [2.45, 2.75) is 44.6 Å². The van der Waals surface area contributed by atoms with Crippen LogP contribution in [-0.4, -0.2) is 24.5 Å². The van der Waals surface area contributed by atoms with E-state index in [1.54, 1.807) is 17.4 Å². The van der Waals surface area contributed by atoms with Crippen LogP contribution >= 0.6 is 0 Å². The van der Waals surface area contributed by atoms with Crippen LogP contribution in [0, 0.1) is 0 Å². The van der Waals surface area contributed by atoms with E-state index in [9.17, 15) is 14.7 Å². The molecule has 0 saturated heterocycles. The molecule has 0 fully saturated rings. The molecule has 0 saturated carbocycles. The molecule has 1 amide bonds. The number of nitrogens with two attached hydrogens (primary N) is 1. The lowest BCUT2D eigenvalue weighted by molar-refractivity contribution is -0.682. The fourth-order valence-corrected chi connectivity index (χ4v) is 3.60. The summed E-state index contributed by atoms with van der Waals surface area (Å²) in [5.74, 6) is -1.54. The molecule has 1 aliphatic carbocycles. The summed E-state index contributed by atoms with van der Waals surface area (Å²) in [6.07, 6.45) is 7.65. The lowest BCUT2D eigenvalue weighted by atomic mass is 9.97. The molecule has 0 unspecified atom stereocenters. The molecule has 158 valence electrons. The van der Waals surface area contributed by atoms with E-state index in [1.165, 1.54) is 18.4 Å². The van der Waals surface area contributed by atoms with E-state index >= 15 is 0 Å². The quantitative estimate of drug-likeness (QED) is 0.527. The van der Waals surface area contributed by atoms with Crippen molar-refractivity contribution in [3.63, 3.8) is 0 Å². The first-order valence-corrected chi connectivity index (χ1v) is 10.5. The Balaban J connectivity index is 1.46. The molecular formula is C24H29N3O3. The highest BCUT2D eigenvalue weighted by atomic mass is 16.4. The molecule has 1 atom stereocenters. The Bertz CT molecular complexity index is 863. The number of carbonyl (C=O) groups excluding carboxylic acids is 2. The van der Waals surface area contributed by atoms with Crippen LogP contribution in [0.2, 0.25) is 0 Å². The molecule has 0 bridgehead atoms. The summed E-state index contributed by atoms with van der Waals surface area (Å²) in [5, 5.41) is 19.2. The Kier molecular flexibility index (Phi) is 8.03. The Morgan fingerprint density at radius 3 is 2.33 bits per heavy atom. The molecule has 2 aromatic rings. The maximum absolute atomic E-state index is 12.3. The van der Waals surface area contributed by atoms with Gasteiger partial charge in [-0.1, -0.05) is 29.8 Å². The number of carbonyl (C=O) groups is 2. The second-order valence-electron chi connectivity index (χ2n) is 7.63. The highest BCUT2D eigenvalue weighted by Gasteiger charge is 2.18. The zero-order valence-corrected chi connectivity index (χ0v) is 17.1. The molecule has 6 nitrogen and oxygen atoms in total. The summed E-state index contributed by atoms with van der Waals surface area (Å²) in [7, 11) is 0. The molecule has 0 radical (unpaired) electrons. The normalized spacial score (nSPS) is 14.5. The van der Waals surface area contributed by atoms with E-state index in [1.807, 2.05) is 42.5 Å². The number of nitrogens with one attached hydrogen (secondary N) is 2. The van der Waals surface area contributed by atoms with Crippen molar-refractivity contribution < 1.29 is 20.0 Å². The van der Waals surface area contributed by atoms with Crippen LogP contribution < -0.4 is 21.1 Å². The molecule has 0 spiro atoms. The third-order valence-electron chi connectivity index (χ3n) is 5.24. The highest BCUT2D eigenvalue weighted by Crippen LogP contribution is 2.20. The molecule has 0 heterocycles. The lowest BCUT2D eigenvalue weighted by Crippen LogP contribution is -2.93. The topological polar surface area (TPSA) is 97.9 Å². The number of benzene rings is 2. The van der Waals surface area contributed by atoms with Crippen LogP contribution in [0.25, 0.3) is 0 Å². The third kappa shape index (κ3) is 7.04. The van der Waals surface area contributed by atoms with Gasteiger partial charge in [0.05, 0.1) is 18.9 Å². The average Bonchev–Trinajstić information content (AvgIpc) is 2.76. The van der Waals surface area contributed by atoms with Gasteiger partial charge in [0.1, 0.15) is 6.04 Å². The van der Waals surface area contributed by atoms with Gasteiger partial charge in [-0.2, -0.15) is 0 Å². The first-order chi connectivity index (χ1) is 14.6. The maximum atomic E-state index is 12.3. The summed E-state index contributed by atoms with van der Waals surface area (Å²) in [6, 6.07) is 16.2. The summed E-state index contributed by atoms with van der Waals surface area (Å²) >= 11 is 0. The van der Waals surface area contributed by atoms with Gasteiger partial charge in [-0.15, -0.1) is 0 Å². The van der Waals surface area contributed by atoms with Crippen LogP contribution in [0.3, 0.4) is 0 Å². The van der Waals surface area contributed by atoms with Gasteiger partial charge in [-0.3, -0.25) is 4.79 Å². The number of allylic oxidation sites excluding steroid dienone is 1. The third-order valence-corrected chi connectivity index (χ3v) is 5.24. The minimum atomic E-state index is -1.20. The van der Waals surface area contributed by atoms with Crippen LogP contribution in [0.4, 0.5) is 17.1 Å². The van der Waals surface area contributed by atoms with Crippen molar-refractivity contribution in [3.05, 3.63) is 66.2 Å². The monoisotopic (exact) mass is 407 g/mol. The van der Waals surface area contributed by atoms with Crippen molar-refractivity contribution in [3.8, 4) is 0 Å². The Hall–Kier alpha value is -3.12. The smallest absolute Gasteiger partial charge is 0.230 e. The molecule has 2 aromatic carbocycles. The van der Waals surface area contributed by atoms with E-state index in [0.29, 0.717) is 12.2 Å². The van der Waals surface area contributed by atoms with Gasteiger partial charge in [0.2, 0.25) is 5.91 Å². The first-order valence-electron chi connectivity index (χ1n) is 10.5. The van der Waals surface area contributed by atoms with Crippen molar-refractivity contribution in [1.82, 2.24) is 0 Å². The SMILES string of the molecule is O=C(C[C@H]([NH2+]CCC1=CCCCC1)C(=O)[O-])Nc1ccc(Nc2ccccc2)cc1. The molecule has 3 rings (SSSR count). The number of carboxylic acid groups (broad SMARTS) is 1. The summed E-state index contributed by atoms with van der Waals surface area (Å²) < 4.78 is 0. The maximum Gasteiger partial charge on any atom is 0.230 e. The highest BCUT2D eigenvalue weighted by molar-refractivity contribution is 5.93. The summed E-state index contributed by atoms with van der Waals surface area (Å²) in [4.78, 5) is 23.8. The molecular weight excluding hydrogens is 378 g/mol. The molecule has 0 aliphatic heterocycles. The van der Waals surface area contributed by atoms with Crippen molar-refractivity contribution in [1.29, 1.82) is 0 Å². The molecule has 0 aromatic heterocycles. The summed E-state index contributed by atoms with van der Waals surface area (Å²) in [6.45, 7) is 0.650. The van der Waals surface area contributed by atoms with Crippen molar-refractivity contribution >= 4 is 28.9 Å². The van der Waals surface area contributed by atoms with Gasteiger partial charge in [-0.25, -0.2) is 0 Å². The number of hydrogen-bond acceptors (Lipinski definition) is 4. The number of amides is 1. The number of hydrogen-bond donors (Lipinski definition) is 3. The van der Waals surface area contributed by atoms with Gasteiger partial charge < -0.3 is 25.9 Å². The minimum absolute atomic E-state index is 0.120. The predicted octanol–water partition coefficient (Wildman–Crippen LogP) is 2.33. The van der Waals surface area contributed by atoms with Crippen LogP contribution in [-0.2, 0) is 9.59 Å².